The molecule has 90 valence electrons. The number of carbonyl (C=O) groups is 2. The summed E-state index contributed by atoms with van der Waals surface area (Å²) < 4.78 is 9.17. The van der Waals surface area contributed by atoms with Crippen LogP contribution in [-0.2, 0) is 19.1 Å². The van der Waals surface area contributed by atoms with Crippen molar-refractivity contribution in [1.82, 2.24) is 0 Å². The van der Waals surface area contributed by atoms with Crippen molar-refractivity contribution in [2.45, 2.75) is 6.92 Å². The molecule has 0 rings (SSSR count). The Kier molecular flexibility index (Phi) is 10.8. The molecular weight excluding hydrogens is 276 g/mol. The zero-order valence-corrected chi connectivity index (χ0v) is 11.2. The van der Waals surface area contributed by atoms with Crippen LogP contribution in [-0.4, -0.2) is 26.2 Å². The van der Waals surface area contributed by atoms with Crippen molar-refractivity contribution in [2.75, 3.05) is 14.2 Å². The highest BCUT2D eigenvalue weighted by molar-refractivity contribution is 9.12. The summed E-state index contributed by atoms with van der Waals surface area (Å²) in [5, 5.41) is 0. The fraction of sp³-hybridized carbons (Fsp3) is 0.273. The number of rotatable bonds is 3. The number of halogens is 1. The van der Waals surface area contributed by atoms with Gasteiger partial charge < -0.3 is 9.47 Å². The van der Waals surface area contributed by atoms with Gasteiger partial charge in [0.1, 0.15) is 0 Å². The Balaban J connectivity index is 0. The predicted molar refractivity (Wildman–Crippen MR) is 66.1 cm³/mol. The molecule has 0 heterocycles. The summed E-state index contributed by atoms with van der Waals surface area (Å²) in [4.78, 5) is 20.5. The normalized spacial score (nSPS) is 10.0. The molecule has 0 aliphatic rings. The van der Waals surface area contributed by atoms with Gasteiger partial charge in [-0.05, 0) is 15.9 Å². The Morgan fingerprint density at radius 2 is 1.56 bits per heavy atom. The van der Waals surface area contributed by atoms with E-state index in [9.17, 15) is 9.59 Å². The first kappa shape index (κ1) is 17.0. The maximum Gasteiger partial charge on any atom is 0.338 e. The lowest BCUT2D eigenvalue weighted by atomic mass is 10.2. The van der Waals surface area contributed by atoms with E-state index in [1.807, 2.05) is 0 Å². The molecule has 4 nitrogen and oxygen atoms in total. The zero-order valence-electron chi connectivity index (χ0n) is 9.58. The van der Waals surface area contributed by atoms with Crippen molar-refractivity contribution in [3.05, 3.63) is 35.4 Å². The van der Waals surface area contributed by atoms with Crippen LogP contribution in [0.3, 0.4) is 0 Å². The highest BCUT2D eigenvalue weighted by atomic mass is 79.9. The smallest absolute Gasteiger partial charge is 0.338 e. The lowest BCUT2D eigenvalue weighted by Gasteiger charge is -1.99. The van der Waals surface area contributed by atoms with Gasteiger partial charge in [0.15, 0.2) is 0 Å². The summed E-state index contributed by atoms with van der Waals surface area (Å²) in [6, 6.07) is 0. The molecule has 0 saturated carbocycles. The van der Waals surface area contributed by atoms with Crippen LogP contribution in [0, 0.1) is 0 Å². The van der Waals surface area contributed by atoms with Gasteiger partial charge in [-0.25, -0.2) is 4.79 Å². The van der Waals surface area contributed by atoms with E-state index in [0.717, 1.165) is 0 Å². The number of ether oxygens (including phenoxy) is 2. The average molecular weight is 291 g/mol. The number of esters is 2. The van der Waals surface area contributed by atoms with Gasteiger partial charge in [0.2, 0.25) is 0 Å². The monoisotopic (exact) mass is 290 g/mol. The minimum atomic E-state index is -0.424. The second kappa shape index (κ2) is 10.2. The third-order valence-electron chi connectivity index (χ3n) is 1.33. The lowest BCUT2D eigenvalue weighted by molar-refractivity contribution is -0.138. The van der Waals surface area contributed by atoms with Gasteiger partial charge in [0.25, 0.3) is 0 Å². The standard InChI is InChI=1S/C8H9BrO2.C3H6O2/c1-4-6(7(9)5-2)8(10)11-3;1-3(4)5-2/h4-5H,1-2H2,3H3;1-2H3/b7-6-;. The molecule has 0 N–H and O–H groups in total. The van der Waals surface area contributed by atoms with Gasteiger partial charge in [-0.1, -0.05) is 25.3 Å². The second-order valence-electron chi connectivity index (χ2n) is 2.36. The summed E-state index contributed by atoms with van der Waals surface area (Å²) >= 11 is 3.13. The third-order valence-corrected chi connectivity index (χ3v) is 2.08. The molecule has 0 saturated heterocycles. The Hall–Kier alpha value is -1.36. The zero-order chi connectivity index (χ0) is 13.1. The molecule has 0 aromatic carbocycles. The highest BCUT2D eigenvalue weighted by Crippen LogP contribution is 2.14. The second-order valence-corrected chi connectivity index (χ2v) is 3.21. The van der Waals surface area contributed by atoms with Crippen molar-refractivity contribution < 1.29 is 19.1 Å². The van der Waals surface area contributed by atoms with Crippen molar-refractivity contribution in [1.29, 1.82) is 0 Å². The molecule has 0 aliphatic carbocycles. The van der Waals surface area contributed by atoms with Crippen molar-refractivity contribution in [2.24, 2.45) is 0 Å². The Morgan fingerprint density at radius 3 is 1.75 bits per heavy atom. The largest absolute Gasteiger partial charge is 0.469 e. The first-order valence-electron chi connectivity index (χ1n) is 4.22. The van der Waals surface area contributed by atoms with E-state index >= 15 is 0 Å². The van der Waals surface area contributed by atoms with Crippen LogP contribution in [0.15, 0.2) is 35.4 Å². The van der Waals surface area contributed by atoms with E-state index in [1.165, 1.54) is 33.3 Å². The summed E-state index contributed by atoms with van der Waals surface area (Å²) in [5.74, 6) is -0.670. The molecule has 5 heteroatoms. The van der Waals surface area contributed by atoms with Crippen molar-refractivity contribution in [3.63, 3.8) is 0 Å². The van der Waals surface area contributed by atoms with Crippen LogP contribution in [0.1, 0.15) is 6.92 Å². The molecule has 0 aromatic heterocycles. The first-order chi connectivity index (χ1) is 7.44. The fourth-order valence-corrected chi connectivity index (χ4v) is 0.822. The molecule has 16 heavy (non-hydrogen) atoms. The number of methoxy groups -OCH3 is 2. The van der Waals surface area contributed by atoms with Crippen LogP contribution in [0.5, 0.6) is 0 Å². The Labute approximate surface area is 104 Å². The van der Waals surface area contributed by atoms with Crippen LogP contribution in [0.4, 0.5) is 0 Å². The fourth-order valence-electron chi connectivity index (χ4n) is 0.498. The number of carbonyl (C=O) groups excluding carboxylic acids is 2. The number of allylic oxidation sites excluding steroid dienone is 2. The molecule has 0 amide bonds. The van der Waals surface area contributed by atoms with Crippen molar-refractivity contribution >= 4 is 27.9 Å². The Morgan fingerprint density at radius 1 is 1.12 bits per heavy atom. The summed E-state index contributed by atoms with van der Waals surface area (Å²) in [7, 11) is 2.66. The quantitative estimate of drug-likeness (QED) is 0.455. The van der Waals surface area contributed by atoms with Gasteiger partial charge in [0.05, 0.1) is 19.8 Å². The average Bonchev–Trinajstić information content (AvgIpc) is 2.29. The van der Waals surface area contributed by atoms with Crippen LogP contribution >= 0.6 is 15.9 Å². The summed E-state index contributed by atoms with van der Waals surface area (Å²) in [6.07, 6.45) is 2.92. The number of hydrogen-bond donors (Lipinski definition) is 0. The molecule has 0 aliphatic heterocycles. The predicted octanol–water partition coefficient (Wildman–Crippen LogP) is 2.36. The molecule has 0 radical (unpaired) electrons. The van der Waals surface area contributed by atoms with E-state index < -0.39 is 5.97 Å². The molecule has 0 atom stereocenters. The first-order valence-corrected chi connectivity index (χ1v) is 5.01. The van der Waals surface area contributed by atoms with Gasteiger partial charge in [-0.2, -0.15) is 0 Å². The summed E-state index contributed by atoms with van der Waals surface area (Å²) in [5.41, 5.74) is 0.377. The molecule has 0 bridgehead atoms. The van der Waals surface area contributed by atoms with Gasteiger partial charge in [-0.15, -0.1) is 0 Å². The molecule has 0 spiro atoms. The maximum absolute atomic E-state index is 10.9. The molecular formula is C11H15BrO4. The lowest BCUT2D eigenvalue weighted by Crippen LogP contribution is -2.03. The van der Waals surface area contributed by atoms with E-state index in [0.29, 0.717) is 10.1 Å². The van der Waals surface area contributed by atoms with E-state index in [4.69, 9.17) is 0 Å². The summed E-state index contributed by atoms with van der Waals surface area (Å²) in [6.45, 7) is 8.31. The molecule has 0 aromatic rings. The van der Waals surface area contributed by atoms with Gasteiger partial charge >= 0.3 is 11.9 Å². The maximum atomic E-state index is 10.9. The van der Waals surface area contributed by atoms with E-state index in [-0.39, 0.29) is 5.97 Å². The van der Waals surface area contributed by atoms with Gasteiger partial charge in [0, 0.05) is 11.4 Å². The molecule has 0 unspecified atom stereocenters. The topological polar surface area (TPSA) is 52.6 Å². The highest BCUT2D eigenvalue weighted by Gasteiger charge is 2.07. The number of hydrogen-bond acceptors (Lipinski definition) is 4. The van der Waals surface area contributed by atoms with Crippen LogP contribution in [0.25, 0.3) is 0 Å². The molecule has 0 fully saturated rings. The minimum Gasteiger partial charge on any atom is -0.469 e. The van der Waals surface area contributed by atoms with Crippen molar-refractivity contribution in [3.8, 4) is 0 Å². The van der Waals surface area contributed by atoms with Crippen LogP contribution < -0.4 is 0 Å². The Bertz CT molecular complexity index is 305. The SMILES string of the molecule is C=C/C(Br)=C(\C=C)C(=O)OC.COC(C)=O. The minimum absolute atomic E-state index is 0.245. The van der Waals surface area contributed by atoms with E-state index in [1.54, 1.807) is 0 Å². The third kappa shape index (κ3) is 7.99. The van der Waals surface area contributed by atoms with Gasteiger partial charge in [-0.3, -0.25) is 4.79 Å². The van der Waals surface area contributed by atoms with Crippen LogP contribution in [0.2, 0.25) is 0 Å². The van der Waals surface area contributed by atoms with E-state index in [2.05, 4.69) is 38.6 Å².